The maximum Gasteiger partial charge on any atom is 0.0507 e. The van der Waals surface area contributed by atoms with Gasteiger partial charge in [0.05, 0.1) is 6.61 Å². The summed E-state index contributed by atoms with van der Waals surface area (Å²) in [5, 5.41) is 3.75. The molecule has 1 saturated carbocycles. The standard InChI is InChI=1S/C14H26N2O/c1-2-12(1)9-15-14-3-6-16(7-4-14)10-13-5-8-17-11-13/h12-15H,1-11H2. The quantitative estimate of drug-likeness (QED) is 0.785. The lowest BCUT2D eigenvalue weighted by molar-refractivity contribution is 0.147. The second-order valence-corrected chi connectivity index (χ2v) is 6.16. The maximum absolute atomic E-state index is 5.45. The highest BCUT2D eigenvalue weighted by atomic mass is 16.5. The van der Waals surface area contributed by atoms with Crippen LogP contribution < -0.4 is 5.32 Å². The summed E-state index contributed by atoms with van der Waals surface area (Å²) in [6.07, 6.45) is 6.90. The number of hydrogen-bond acceptors (Lipinski definition) is 3. The van der Waals surface area contributed by atoms with E-state index in [-0.39, 0.29) is 0 Å². The van der Waals surface area contributed by atoms with E-state index in [2.05, 4.69) is 10.2 Å². The van der Waals surface area contributed by atoms with Crippen molar-refractivity contribution in [3.63, 3.8) is 0 Å². The summed E-state index contributed by atoms with van der Waals surface area (Å²) >= 11 is 0. The molecule has 3 aliphatic rings. The Kier molecular flexibility index (Phi) is 3.99. The smallest absolute Gasteiger partial charge is 0.0507 e. The van der Waals surface area contributed by atoms with E-state index in [4.69, 9.17) is 4.74 Å². The number of nitrogens with zero attached hydrogens (tertiary/aromatic N) is 1. The van der Waals surface area contributed by atoms with Crippen molar-refractivity contribution >= 4 is 0 Å². The topological polar surface area (TPSA) is 24.5 Å². The van der Waals surface area contributed by atoms with Crippen LogP contribution in [0.3, 0.4) is 0 Å². The highest BCUT2D eigenvalue weighted by molar-refractivity contribution is 4.82. The van der Waals surface area contributed by atoms with Crippen LogP contribution >= 0.6 is 0 Å². The SMILES string of the molecule is C1CC(CN2CCC(NCC3CC3)CC2)CO1. The molecule has 0 aromatic heterocycles. The fraction of sp³-hybridized carbons (Fsp3) is 1.00. The summed E-state index contributed by atoms with van der Waals surface area (Å²) in [6, 6.07) is 0.798. The number of nitrogens with one attached hydrogen (secondary N) is 1. The van der Waals surface area contributed by atoms with Crippen molar-refractivity contribution < 1.29 is 4.74 Å². The zero-order valence-electron chi connectivity index (χ0n) is 10.9. The maximum atomic E-state index is 5.45. The van der Waals surface area contributed by atoms with Crippen LogP contribution in [-0.2, 0) is 4.74 Å². The Balaban J connectivity index is 1.31. The van der Waals surface area contributed by atoms with Crippen LogP contribution in [0, 0.1) is 11.8 Å². The molecule has 0 radical (unpaired) electrons. The van der Waals surface area contributed by atoms with Crippen molar-refractivity contribution in [2.45, 2.75) is 38.1 Å². The molecule has 3 heteroatoms. The van der Waals surface area contributed by atoms with Crippen molar-refractivity contribution in [2.24, 2.45) is 11.8 Å². The second kappa shape index (κ2) is 5.68. The lowest BCUT2D eigenvalue weighted by Crippen LogP contribution is -2.44. The molecule has 0 bridgehead atoms. The van der Waals surface area contributed by atoms with Crippen LogP contribution in [-0.4, -0.2) is 50.3 Å². The van der Waals surface area contributed by atoms with Gasteiger partial charge in [-0.2, -0.15) is 0 Å². The van der Waals surface area contributed by atoms with Crippen LogP contribution in [0.25, 0.3) is 0 Å². The lowest BCUT2D eigenvalue weighted by atomic mass is 10.0. The van der Waals surface area contributed by atoms with Crippen molar-refractivity contribution in [2.75, 3.05) is 39.4 Å². The Labute approximate surface area is 105 Å². The van der Waals surface area contributed by atoms with E-state index in [9.17, 15) is 0 Å². The summed E-state index contributed by atoms with van der Waals surface area (Å²) in [4.78, 5) is 2.65. The molecule has 98 valence electrons. The van der Waals surface area contributed by atoms with E-state index in [0.29, 0.717) is 0 Å². The van der Waals surface area contributed by atoms with Gasteiger partial charge in [-0.15, -0.1) is 0 Å². The van der Waals surface area contributed by atoms with Crippen LogP contribution in [0.1, 0.15) is 32.1 Å². The Morgan fingerprint density at radius 1 is 1.00 bits per heavy atom. The minimum Gasteiger partial charge on any atom is -0.381 e. The molecule has 2 heterocycles. The summed E-state index contributed by atoms with van der Waals surface area (Å²) in [5.74, 6) is 1.83. The molecular weight excluding hydrogens is 212 g/mol. The molecule has 0 spiro atoms. The number of ether oxygens (including phenoxy) is 1. The van der Waals surface area contributed by atoms with E-state index in [1.807, 2.05) is 0 Å². The molecule has 3 rings (SSSR count). The monoisotopic (exact) mass is 238 g/mol. The van der Waals surface area contributed by atoms with Gasteiger partial charge in [0.1, 0.15) is 0 Å². The van der Waals surface area contributed by atoms with Gasteiger partial charge in [0, 0.05) is 19.2 Å². The fourth-order valence-corrected chi connectivity index (χ4v) is 3.07. The molecule has 17 heavy (non-hydrogen) atoms. The zero-order valence-corrected chi connectivity index (χ0v) is 10.9. The van der Waals surface area contributed by atoms with Gasteiger partial charge in [0.15, 0.2) is 0 Å². The molecule has 0 amide bonds. The third-order valence-electron chi connectivity index (χ3n) is 4.52. The van der Waals surface area contributed by atoms with Gasteiger partial charge in [0.25, 0.3) is 0 Å². The first-order chi connectivity index (χ1) is 8.40. The fourth-order valence-electron chi connectivity index (χ4n) is 3.07. The minimum atomic E-state index is 0.798. The Morgan fingerprint density at radius 3 is 2.47 bits per heavy atom. The van der Waals surface area contributed by atoms with Crippen LogP contribution in [0.15, 0.2) is 0 Å². The van der Waals surface area contributed by atoms with Crippen LogP contribution in [0.5, 0.6) is 0 Å². The van der Waals surface area contributed by atoms with E-state index in [1.54, 1.807) is 0 Å². The Bertz CT molecular complexity index is 228. The average molecular weight is 238 g/mol. The molecular formula is C14H26N2O. The average Bonchev–Trinajstić information content (AvgIpc) is 3.05. The highest BCUT2D eigenvalue weighted by Gasteiger charge is 2.26. The van der Waals surface area contributed by atoms with Gasteiger partial charge in [0.2, 0.25) is 0 Å². The summed E-state index contributed by atoms with van der Waals surface area (Å²) in [6.45, 7) is 7.12. The largest absolute Gasteiger partial charge is 0.381 e. The molecule has 1 N–H and O–H groups in total. The van der Waals surface area contributed by atoms with Crippen LogP contribution in [0.2, 0.25) is 0 Å². The first kappa shape index (κ1) is 11.9. The summed E-state index contributed by atoms with van der Waals surface area (Å²) in [5.41, 5.74) is 0. The first-order valence-electron chi connectivity index (χ1n) is 7.43. The Morgan fingerprint density at radius 2 is 1.82 bits per heavy atom. The third kappa shape index (κ3) is 3.67. The number of likely N-dealkylation sites (tertiary alicyclic amines) is 1. The van der Waals surface area contributed by atoms with Gasteiger partial charge in [-0.3, -0.25) is 0 Å². The molecule has 3 nitrogen and oxygen atoms in total. The van der Waals surface area contributed by atoms with E-state index >= 15 is 0 Å². The lowest BCUT2D eigenvalue weighted by Gasteiger charge is -2.33. The number of piperidine rings is 1. The molecule has 2 aliphatic heterocycles. The van der Waals surface area contributed by atoms with Crippen molar-refractivity contribution in [1.29, 1.82) is 0 Å². The predicted octanol–water partition coefficient (Wildman–Crippen LogP) is 1.49. The van der Waals surface area contributed by atoms with E-state index in [1.165, 1.54) is 58.3 Å². The van der Waals surface area contributed by atoms with Gasteiger partial charge in [-0.05, 0) is 63.6 Å². The van der Waals surface area contributed by atoms with Crippen molar-refractivity contribution in [3.8, 4) is 0 Å². The third-order valence-corrected chi connectivity index (χ3v) is 4.52. The molecule has 0 aromatic carbocycles. The van der Waals surface area contributed by atoms with Crippen molar-refractivity contribution in [3.05, 3.63) is 0 Å². The summed E-state index contributed by atoms with van der Waals surface area (Å²) < 4.78 is 5.45. The van der Waals surface area contributed by atoms with Gasteiger partial charge in [-0.1, -0.05) is 0 Å². The van der Waals surface area contributed by atoms with E-state index < -0.39 is 0 Å². The molecule has 1 aliphatic carbocycles. The minimum absolute atomic E-state index is 0.798. The summed E-state index contributed by atoms with van der Waals surface area (Å²) in [7, 11) is 0. The van der Waals surface area contributed by atoms with Gasteiger partial charge < -0.3 is 15.0 Å². The number of rotatable bonds is 5. The predicted molar refractivity (Wildman–Crippen MR) is 69.1 cm³/mol. The molecule has 2 saturated heterocycles. The van der Waals surface area contributed by atoms with Gasteiger partial charge >= 0.3 is 0 Å². The second-order valence-electron chi connectivity index (χ2n) is 6.16. The number of hydrogen-bond donors (Lipinski definition) is 1. The van der Waals surface area contributed by atoms with Crippen molar-refractivity contribution in [1.82, 2.24) is 10.2 Å². The molecule has 1 unspecified atom stereocenters. The molecule has 0 aromatic rings. The molecule has 3 fully saturated rings. The zero-order chi connectivity index (χ0) is 11.5. The van der Waals surface area contributed by atoms with Gasteiger partial charge in [-0.25, -0.2) is 0 Å². The molecule has 1 atom stereocenters. The normalized spacial score (nSPS) is 32.1. The van der Waals surface area contributed by atoms with Crippen LogP contribution in [0.4, 0.5) is 0 Å². The van der Waals surface area contributed by atoms with E-state index in [0.717, 1.165) is 31.1 Å². The Hall–Kier alpha value is -0.120. The first-order valence-corrected chi connectivity index (χ1v) is 7.43. The highest BCUT2D eigenvalue weighted by Crippen LogP contribution is 2.28.